The van der Waals surface area contributed by atoms with Crippen LogP contribution in [0.2, 0.25) is 0 Å². The summed E-state index contributed by atoms with van der Waals surface area (Å²) in [6.45, 7) is 0. The highest BCUT2D eigenvalue weighted by atomic mass is 16.7. The first-order valence-corrected chi connectivity index (χ1v) is 7.06. The fourth-order valence-electron chi connectivity index (χ4n) is 2.31. The molecule has 0 aliphatic heterocycles. The summed E-state index contributed by atoms with van der Waals surface area (Å²) in [5.74, 6) is 0.123. The number of ether oxygens (including phenoxy) is 1. The van der Waals surface area contributed by atoms with Crippen molar-refractivity contribution in [3.63, 3.8) is 0 Å². The topological polar surface area (TPSA) is 72.3 Å². The van der Waals surface area contributed by atoms with Crippen molar-refractivity contribution in [2.45, 2.75) is 6.42 Å². The highest BCUT2D eigenvalue weighted by Gasteiger charge is 2.09. The van der Waals surface area contributed by atoms with Gasteiger partial charge in [0.15, 0.2) is 0 Å². The van der Waals surface area contributed by atoms with E-state index in [0.717, 1.165) is 22.3 Å². The predicted molar refractivity (Wildman–Crippen MR) is 85.4 cm³/mol. The second-order valence-corrected chi connectivity index (χ2v) is 4.95. The van der Waals surface area contributed by atoms with Crippen molar-refractivity contribution in [2.75, 3.05) is 0 Å². The Bertz CT molecular complexity index is 802. The normalized spacial score (nSPS) is 10.3. The van der Waals surface area contributed by atoms with Gasteiger partial charge in [0.05, 0.1) is 0 Å². The summed E-state index contributed by atoms with van der Waals surface area (Å²) < 4.78 is 4.71. The molecule has 0 atom stereocenters. The third kappa shape index (κ3) is 3.71. The van der Waals surface area contributed by atoms with Gasteiger partial charge in [-0.25, -0.2) is 9.78 Å². The summed E-state index contributed by atoms with van der Waals surface area (Å²) in [5, 5.41) is 8.75. The van der Waals surface area contributed by atoms with Crippen molar-refractivity contribution in [3.05, 3.63) is 78.2 Å². The van der Waals surface area contributed by atoms with Gasteiger partial charge >= 0.3 is 6.16 Å². The zero-order valence-electron chi connectivity index (χ0n) is 12.2. The molecule has 0 amide bonds. The Hall–Kier alpha value is -3.21. The fraction of sp³-hybridized carbons (Fsp3) is 0.0556. The number of pyridine rings is 2. The highest BCUT2D eigenvalue weighted by molar-refractivity contribution is 5.63. The molecule has 5 heteroatoms. The zero-order valence-corrected chi connectivity index (χ0v) is 12.2. The van der Waals surface area contributed by atoms with E-state index in [1.807, 2.05) is 42.5 Å². The van der Waals surface area contributed by atoms with Gasteiger partial charge in [-0.15, -0.1) is 0 Å². The van der Waals surface area contributed by atoms with Crippen LogP contribution in [0.3, 0.4) is 0 Å². The van der Waals surface area contributed by atoms with E-state index in [9.17, 15) is 4.79 Å². The minimum atomic E-state index is -1.36. The van der Waals surface area contributed by atoms with Gasteiger partial charge in [0.25, 0.3) is 0 Å². The molecule has 2 heterocycles. The molecule has 114 valence electrons. The average Bonchev–Trinajstić information content (AvgIpc) is 2.58. The van der Waals surface area contributed by atoms with E-state index in [0.29, 0.717) is 6.42 Å². The monoisotopic (exact) mass is 306 g/mol. The van der Waals surface area contributed by atoms with Crippen LogP contribution in [0.15, 0.2) is 67.1 Å². The smallest absolute Gasteiger partial charge is 0.449 e. The second kappa shape index (κ2) is 6.70. The molecule has 3 aromatic rings. The first kappa shape index (κ1) is 14.7. The molecule has 0 aliphatic rings. The van der Waals surface area contributed by atoms with Crippen molar-refractivity contribution in [3.8, 4) is 17.0 Å². The van der Waals surface area contributed by atoms with Gasteiger partial charge in [-0.2, -0.15) is 0 Å². The number of benzene rings is 1. The van der Waals surface area contributed by atoms with Gasteiger partial charge in [0.2, 0.25) is 5.88 Å². The minimum Gasteiger partial charge on any atom is -0.449 e. The summed E-state index contributed by atoms with van der Waals surface area (Å²) in [6.07, 6.45) is 4.21. The molecular weight excluding hydrogens is 292 g/mol. The molecule has 0 saturated heterocycles. The molecule has 3 rings (SSSR count). The van der Waals surface area contributed by atoms with Crippen LogP contribution in [-0.2, 0) is 6.42 Å². The van der Waals surface area contributed by atoms with Crippen molar-refractivity contribution in [2.24, 2.45) is 0 Å². The lowest BCUT2D eigenvalue weighted by Crippen LogP contribution is -2.07. The number of carboxylic acid groups (broad SMARTS) is 1. The SMILES string of the molecule is O=C(O)Oc1ncccc1Cc1ccc(-c2ccncc2)cc1. The summed E-state index contributed by atoms with van der Waals surface area (Å²) in [4.78, 5) is 18.7. The van der Waals surface area contributed by atoms with Gasteiger partial charge < -0.3 is 9.84 Å². The Balaban J connectivity index is 1.80. The van der Waals surface area contributed by atoms with Crippen LogP contribution < -0.4 is 4.74 Å². The molecule has 1 N–H and O–H groups in total. The van der Waals surface area contributed by atoms with Crippen molar-refractivity contribution < 1.29 is 14.6 Å². The third-order valence-corrected chi connectivity index (χ3v) is 3.40. The summed E-state index contributed by atoms with van der Waals surface area (Å²) >= 11 is 0. The van der Waals surface area contributed by atoms with Crippen LogP contribution in [0.1, 0.15) is 11.1 Å². The van der Waals surface area contributed by atoms with Gasteiger partial charge in [-0.05, 0) is 34.9 Å². The lowest BCUT2D eigenvalue weighted by molar-refractivity contribution is 0.142. The maximum absolute atomic E-state index is 10.7. The van der Waals surface area contributed by atoms with Crippen LogP contribution in [-0.4, -0.2) is 21.2 Å². The minimum absolute atomic E-state index is 0.123. The van der Waals surface area contributed by atoms with Crippen LogP contribution in [0.4, 0.5) is 4.79 Å². The molecule has 0 unspecified atom stereocenters. The van der Waals surface area contributed by atoms with E-state index in [2.05, 4.69) is 9.97 Å². The third-order valence-electron chi connectivity index (χ3n) is 3.40. The molecular formula is C18H14N2O3. The number of aromatic nitrogens is 2. The lowest BCUT2D eigenvalue weighted by atomic mass is 10.0. The van der Waals surface area contributed by atoms with Gasteiger partial charge in [0, 0.05) is 30.6 Å². The quantitative estimate of drug-likeness (QED) is 0.742. The van der Waals surface area contributed by atoms with Crippen LogP contribution in [0, 0.1) is 0 Å². The maximum Gasteiger partial charge on any atom is 0.512 e. The lowest BCUT2D eigenvalue weighted by Gasteiger charge is -2.08. The Labute approximate surface area is 133 Å². The molecule has 1 aromatic carbocycles. The van der Waals surface area contributed by atoms with E-state index in [4.69, 9.17) is 9.84 Å². The largest absolute Gasteiger partial charge is 0.512 e. The molecule has 0 bridgehead atoms. The molecule has 0 fully saturated rings. The van der Waals surface area contributed by atoms with Crippen molar-refractivity contribution in [1.29, 1.82) is 0 Å². The van der Waals surface area contributed by atoms with E-state index in [-0.39, 0.29) is 5.88 Å². The van der Waals surface area contributed by atoms with Gasteiger partial charge in [-0.1, -0.05) is 30.3 Å². The Morgan fingerprint density at radius 2 is 1.65 bits per heavy atom. The molecule has 5 nitrogen and oxygen atoms in total. The Kier molecular flexibility index (Phi) is 4.29. The summed E-state index contributed by atoms with van der Waals surface area (Å²) in [6, 6.07) is 15.5. The predicted octanol–water partition coefficient (Wildman–Crippen LogP) is 3.79. The summed E-state index contributed by atoms with van der Waals surface area (Å²) in [5.41, 5.74) is 3.98. The van der Waals surface area contributed by atoms with Crippen LogP contribution in [0.5, 0.6) is 5.88 Å². The number of hydrogen-bond donors (Lipinski definition) is 1. The van der Waals surface area contributed by atoms with Gasteiger partial charge in [0.1, 0.15) is 0 Å². The molecule has 0 saturated carbocycles. The van der Waals surface area contributed by atoms with Crippen LogP contribution >= 0.6 is 0 Å². The first-order chi connectivity index (χ1) is 11.2. The van der Waals surface area contributed by atoms with E-state index in [1.165, 1.54) is 6.20 Å². The first-order valence-electron chi connectivity index (χ1n) is 7.06. The maximum atomic E-state index is 10.7. The molecule has 23 heavy (non-hydrogen) atoms. The van der Waals surface area contributed by atoms with Gasteiger partial charge in [-0.3, -0.25) is 4.98 Å². The standard InChI is InChI=1S/C18H14N2O3/c21-18(22)23-17-16(2-1-9-20-17)12-13-3-5-14(6-4-13)15-7-10-19-11-8-15/h1-11H,12H2,(H,21,22). The van der Waals surface area contributed by atoms with E-state index in [1.54, 1.807) is 18.5 Å². The number of carbonyl (C=O) groups is 1. The Morgan fingerprint density at radius 1 is 0.957 bits per heavy atom. The van der Waals surface area contributed by atoms with E-state index >= 15 is 0 Å². The molecule has 0 spiro atoms. The molecule has 0 radical (unpaired) electrons. The average molecular weight is 306 g/mol. The molecule has 0 aliphatic carbocycles. The number of nitrogens with zero attached hydrogens (tertiary/aromatic N) is 2. The van der Waals surface area contributed by atoms with Crippen molar-refractivity contribution >= 4 is 6.16 Å². The number of hydrogen-bond acceptors (Lipinski definition) is 4. The van der Waals surface area contributed by atoms with Crippen molar-refractivity contribution in [1.82, 2.24) is 9.97 Å². The highest BCUT2D eigenvalue weighted by Crippen LogP contribution is 2.22. The number of rotatable bonds is 4. The van der Waals surface area contributed by atoms with E-state index < -0.39 is 6.16 Å². The second-order valence-electron chi connectivity index (χ2n) is 4.95. The van der Waals surface area contributed by atoms with Crippen LogP contribution in [0.25, 0.3) is 11.1 Å². The Morgan fingerprint density at radius 3 is 2.35 bits per heavy atom. The molecule has 2 aromatic heterocycles. The zero-order chi connectivity index (χ0) is 16.1. The summed E-state index contributed by atoms with van der Waals surface area (Å²) in [7, 11) is 0. The fourth-order valence-corrected chi connectivity index (χ4v) is 2.31.